The minimum absolute atomic E-state index is 0.247. The van der Waals surface area contributed by atoms with E-state index in [0.717, 1.165) is 5.56 Å². The minimum atomic E-state index is -0.315. The fraction of sp³-hybridized carbons (Fsp3) is 0.133. The number of anilines is 1. The van der Waals surface area contributed by atoms with Crippen molar-refractivity contribution >= 4 is 34.8 Å². The van der Waals surface area contributed by atoms with E-state index in [-0.39, 0.29) is 22.2 Å². The van der Waals surface area contributed by atoms with Crippen molar-refractivity contribution in [2.45, 2.75) is 13.5 Å². The van der Waals surface area contributed by atoms with Gasteiger partial charge in [-0.1, -0.05) is 53.0 Å². The number of carbonyl (C=O) groups excluding carboxylic acids is 1. The summed E-state index contributed by atoms with van der Waals surface area (Å²) in [5, 5.41) is 3.44. The second-order valence-corrected chi connectivity index (χ2v) is 5.36. The molecule has 0 bridgehead atoms. The summed E-state index contributed by atoms with van der Waals surface area (Å²) in [4.78, 5) is 12.1. The van der Waals surface area contributed by atoms with E-state index >= 15 is 0 Å². The van der Waals surface area contributed by atoms with Gasteiger partial charge in [-0.3, -0.25) is 4.79 Å². The van der Waals surface area contributed by atoms with Gasteiger partial charge in [0.1, 0.15) is 0 Å². The molecule has 2 aromatic rings. The largest absolute Gasteiger partial charge is 0.398 e. The molecule has 104 valence electrons. The molecular weight excluding hydrogens is 295 g/mol. The van der Waals surface area contributed by atoms with Crippen LogP contribution in [0.2, 0.25) is 10.0 Å². The van der Waals surface area contributed by atoms with Crippen molar-refractivity contribution in [1.29, 1.82) is 0 Å². The van der Waals surface area contributed by atoms with Crippen molar-refractivity contribution in [3.63, 3.8) is 0 Å². The van der Waals surface area contributed by atoms with Gasteiger partial charge in [-0.05, 0) is 24.6 Å². The molecule has 0 spiro atoms. The summed E-state index contributed by atoms with van der Waals surface area (Å²) in [5.74, 6) is -0.315. The predicted molar refractivity (Wildman–Crippen MR) is 83.2 cm³/mol. The molecule has 5 heteroatoms. The first-order chi connectivity index (χ1) is 9.47. The van der Waals surface area contributed by atoms with Crippen LogP contribution >= 0.6 is 23.2 Å². The van der Waals surface area contributed by atoms with E-state index in [0.29, 0.717) is 11.6 Å². The Kier molecular flexibility index (Phi) is 4.53. The van der Waals surface area contributed by atoms with Gasteiger partial charge in [0.15, 0.2) is 0 Å². The molecule has 0 unspecified atom stereocenters. The summed E-state index contributed by atoms with van der Waals surface area (Å²) in [6.07, 6.45) is 0. The first kappa shape index (κ1) is 14.7. The van der Waals surface area contributed by atoms with Gasteiger partial charge in [-0.15, -0.1) is 0 Å². The normalized spacial score (nSPS) is 10.3. The molecule has 3 nitrogen and oxygen atoms in total. The van der Waals surface area contributed by atoms with Crippen LogP contribution in [0.5, 0.6) is 0 Å². The average molecular weight is 309 g/mol. The predicted octanol–water partition coefficient (Wildman–Crippen LogP) is 3.81. The number of carbonyl (C=O) groups is 1. The lowest BCUT2D eigenvalue weighted by molar-refractivity contribution is 0.0952. The maximum Gasteiger partial charge on any atom is 0.255 e. The number of hydrogen-bond donors (Lipinski definition) is 2. The average Bonchev–Trinajstić information content (AvgIpc) is 2.37. The van der Waals surface area contributed by atoms with E-state index in [4.69, 9.17) is 28.9 Å². The van der Waals surface area contributed by atoms with Crippen molar-refractivity contribution in [3.8, 4) is 0 Å². The molecule has 0 saturated heterocycles. The molecule has 0 aliphatic rings. The number of amides is 1. The highest BCUT2D eigenvalue weighted by atomic mass is 35.5. The zero-order valence-corrected chi connectivity index (χ0v) is 12.4. The zero-order valence-electron chi connectivity index (χ0n) is 10.9. The van der Waals surface area contributed by atoms with Gasteiger partial charge in [-0.25, -0.2) is 0 Å². The van der Waals surface area contributed by atoms with Crippen molar-refractivity contribution in [2.24, 2.45) is 0 Å². The van der Waals surface area contributed by atoms with E-state index in [1.807, 2.05) is 31.2 Å². The van der Waals surface area contributed by atoms with E-state index < -0.39 is 0 Å². The fourth-order valence-electron chi connectivity index (χ4n) is 1.81. The number of nitrogen functional groups attached to an aromatic ring is 1. The van der Waals surface area contributed by atoms with Gasteiger partial charge in [0.2, 0.25) is 0 Å². The van der Waals surface area contributed by atoms with Crippen LogP contribution in [0.3, 0.4) is 0 Å². The number of benzene rings is 2. The van der Waals surface area contributed by atoms with Crippen LogP contribution in [0.15, 0.2) is 36.4 Å². The summed E-state index contributed by atoms with van der Waals surface area (Å²) in [6.45, 7) is 2.42. The van der Waals surface area contributed by atoms with Crippen molar-refractivity contribution in [3.05, 3.63) is 63.1 Å². The number of rotatable bonds is 3. The smallest absolute Gasteiger partial charge is 0.255 e. The van der Waals surface area contributed by atoms with Gasteiger partial charge in [0, 0.05) is 17.3 Å². The van der Waals surface area contributed by atoms with Gasteiger partial charge in [0.05, 0.1) is 10.6 Å². The Labute approximate surface area is 127 Å². The quantitative estimate of drug-likeness (QED) is 0.847. The van der Waals surface area contributed by atoms with E-state index in [1.165, 1.54) is 17.7 Å². The lowest BCUT2D eigenvalue weighted by atomic mass is 10.1. The molecule has 0 heterocycles. The highest BCUT2D eigenvalue weighted by Crippen LogP contribution is 2.27. The fourth-order valence-corrected chi connectivity index (χ4v) is 2.40. The van der Waals surface area contributed by atoms with Crippen LogP contribution in [0, 0.1) is 6.92 Å². The molecule has 0 aromatic heterocycles. The molecule has 20 heavy (non-hydrogen) atoms. The second kappa shape index (κ2) is 6.16. The standard InChI is InChI=1S/C15H14Cl2N2O/c1-9-2-4-10(5-3-9)8-19-15(20)14-12(17)6-11(16)7-13(14)18/h2-7H,8,18H2,1H3,(H,19,20). The number of halogens is 2. The summed E-state index contributed by atoms with van der Waals surface area (Å²) in [5.41, 5.74) is 8.48. The first-order valence-corrected chi connectivity index (χ1v) is 6.81. The summed E-state index contributed by atoms with van der Waals surface area (Å²) in [7, 11) is 0. The monoisotopic (exact) mass is 308 g/mol. The minimum Gasteiger partial charge on any atom is -0.398 e. The third-order valence-electron chi connectivity index (χ3n) is 2.89. The van der Waals surface area contributed by atoms with E-state index in [2.05, 4.69) is 5.32 Å². The first-order valence-electron chi connectivity index (χ1n) is 6.05. The van der Waals surface area contributed by atoms with Gasteiger partial charge >= 0.3 is 0 Å². The van der Waals surface area contributed by atoms with Crippen molar-refractivity contribution in [2.75, 3.05) is 5.73 Å². The zero-order chi connectivity index (χ0) is 14.7. The molecule has 2 rings (SSSR count). The van der Waals surface area contributed by atoms with Crippen LogP contribution < -0.4 is 11.1 Å². The van der Waals surface area contributed by atoms with Crippen LogP contribution in [0.25, 0.3) is 0 Å². The molecular formula is C15H14Cl2N2O. The molecule has 1 amide bonds. The molecule has 0 saturated carbocycles. The maximum absolute atomic E-state index is 12.1. The SMILES string of the molecule is Cc1ccc(CNC(=O)c2c(N)cc(Cl)cc2Cl)cc1. The number of hydrogen-bond acceptors (Lipinski definition) is 2. The van der Waals surface area contributed by atoms with Crippen LogP contribution in [0.1, 0.15) is 21.5 Å². The molecule has 0 fully saturated rings. The van der Waals surface area contributed by atoms with Gasteiger partial charge < -0.3 is 11.1 Å². The topological polar surface area (TPSA) is 55.1 Å². The Bertz CT molecular complexity index is 616. The highest BCUT2D eigenvalue weighted by molar-refractivity contribution is 6.37. The van der Waals surface area contributed by atoms with E-state index in [1.54, 1.807) is 0 Å². The Morgan fingerprint density at radius 3 is 2.45 bits per heavy atom. The molecule has 2 aromatic carbocycles. The van der Waals surface area contributed by atoms with Crippen LogP contribution in [0.4, 0.5) is 5.69 Å². The second-order valence-electron chi connectivity index (χ2n) is 4.52. The Hall–Kier alpha value is -1.71. The summed E-state index contributed by atoms with van der Waals surface area (Å²) >= 11 is 11.8. The highest BCUT2D eigenvalue weighted by Gasteiger charge is 2.14. The van der Waals surface area contributed by atoms with Crippen LogP contribution in [-0.4, -0.2) is 5.91 Å². The third kappa shape index (κ3) is 3.44. The van der Waals surface area contributed by atoms with Crippen molar-refractivity contribution < 1.29 is 4.79 Å². The van der Waals surface area contributed by atoms with Crippen molar-refractivity contribution in [1.82, 2.24) is 5.32 Å². The van der Waals surface area contributed by atoms with Gasteiger partial charge in [0.25, 0.3) is 5.91 Å². The Morgan fingerprint density at radius 2 is 1.85 bits per heavy atom. The van der Waals surface area contributed by atoms with Gasteiger partial charge in [-0.2, -0.15) is 0 Å². The van der Waals surface area contributed by atoms with E-state index in [9.17, 15) is 4.79 Å². The Morgan fingerprint density at radius 1 is 1.20 bits per heavy atom. The third-order valence-corrected chi connectivity index (χ3v) is 3.40. The number of nitrogens with one attached hydrogen (secondary N) is 1. The molecule has 0 atom stereocenters. The lowest BCUT2D eigenvalue weighted by Crippen LogP contribution is -2.24. The number of aryl methyl sites for hydroxylation is 1. The molecule has 0 aliphatic heterocycles. The summed E-state index contributed by atoms with van der Waals surface area (Å²) < 4.78 is 0. The molecule has 0 aliphatic carbocycles. The Balaban J connectivity index is 2.11. The molecule has 0 radical (unpaired) electrons. The van der Waals surface area contributed by atoms with Crippen LogP contribution in [-0.2, 0) is 6.54 Å². The number of nitrogens with two attached hydrogens (primary N) is 1. The molecule has 3 N–H and O–H groups in total. The summed E-state index contributed by atoms with van der Waals surface area (Å²) in [6, 6.07) is 10.9. The maximum atomic E-state index is 12.1. The lowest BCUT2D eigenvalue weighted by Gasteiger charge is -2.10.